The van der Waals surface area contributed by atoms with Crippen molar-refractivity contribution in [2.24, 2.45) is 0 Å². The van der Waals surface area contributed by atoms with Crippen LogP contribution in [-0.2, 0) is 32.6 Å². The zero-order valence-electron chi connectivity index (χ0n) is 24.7. The molecule has 3 aromatic rings. The lowest BCUT2D eigenvalue weighted by atomic mass is 10.0. The van der Waals surface area contributed by atoms with Gasteiger partial charge in [-0.3, -0.25) is 13.9 Å². The lowest BCUT2D eigenvalue weighted by molar-refractivity contribution is -0.141. The van der Waals surface area contributed by atoms with Crippen LogP contribution >= 0.6 is 11.6 Å². The Morgan fingerprint density at radius 2 is 1.71 bits per heavy atom. The number of carbonyl (C=O) groups excluding carboxylic acids is 2. The van der Waals surface area contributed by atoms with Gasteiger partial charge in [0.1, 0.15) is 11.8 Å². The number of nitrogens with one attached hydrogen (secondary N) is 1. The summed E-state index contributed by atoms with van der Waals surface area (Å²) in [6.45, 7) is 4.78. The second kappa shape index (κ2) is 15.6. The van der Waals surface area contributed by atoms with Crippen LogP contribution in [0.15, 0.2) is 72.8 Å². The molecule has 8 nitrogen and oxygen atoms in total. The largest absolute Gasteiger partial charge is 0.495 e. The van der Waals surface area contributed by atoms with Crippen LogP contribution in [0.3, 0.4) is 0 Å². The van der Waals surface area contributed by atoms with Gasteiger partial charge in [0, 0.05) is 32.5 Å². The van der Waals surface area contributed by atoms with E-state index in [-0.39, 0.29) is 42.8 Å². The highest BCUT2D eigenvalue weighted by Gasteiger charge is 2.30. The lowest BCUT2D eigenvalue weighted by Crippen LogP contribution is -2.50. The highest BCUT2D eigenvalue weighted by molar-refractivity contribution is 7.92. The van der Waals surface area contributed by atoms with E-state index in [2.05, 4.69) is 5.32 Å². The topological polar surface area (TPSA) is 96.0 Å². The second-order valence-corrected chi connectivity index (χ2v) is 12.5. The first-order valence-electron chi connectivity index (χ1n) is 14.0. The van der Waals surface area contributed by atoms with Crippen molar-refractivity contribution in [2.45, 2.75) is 52.1 Å². The maximum atomic E-state index is 13.9. The van der Waals surface area contributed by atoms with Crippen molar-refractivity contribution < 1.29 is 22.7 Å². The average molecular weight is 614 g/mol. The minimum atomic E-state index is -3.66. The SMILES string of the molecule is CCCNC(=O)[C@@H](Cc1ccccc1)N(Cc1ccccc1C)C(=O)CCCN(c1ccc(OC)c(Cl)c1)S(C)(=O)=O. The number of amides is 2. The van der Waals surface area contributed by atoms with Gasteiger partial charge in [0.2, 0.25) is 21.8 Å². The van der Waals surface area contributed by atoms with Crippen LogP contribution in [0.4, 0.5) is 5.69 Å². The maximum Gasteiger partial charge on any atom is 0.243 e. The van der Waals surface area contributed by atoms with Crippen molar-refractivity contribution in [3.05, 3.63) is 94.5 Å². The van der Waals surface area contributed by atoms with E-state index in [0.29, 0.717) is 24.4 Å². The summed E-state index contributed by atoms with van der Waals surface area (Å²) in [6, 6.07) is 21.4. The summed E-state index contributed by atoms with van der Waals surface area (Å²) in [5.74, 6) is -0.0120. The van der Waals surface area contributed by atoms with E-state index in [4.69, 9.17) is 16.3 Å². The standard InChI is InChI=1S/C32H40ClN3O5S/c1-5-19-34-32(38)29(21-25-13-7-6-8-14-25)35(23-26-15-10-9-12-24(26)2)31(37)16-11-20-36(42(4,39)40)27-17-18-30(41-3)28(33)22-27/h6-10,12-15,17-18,22,29H,5,11,16,19-21,23H2,1-4H3,(H,34,38)/t29-/m1/s1. The van der Waals surface area contributed by atoms with Crippen molar-refractivity contribution in [1.29, 1.82) is 0 Å². The smallest absolute Gasteiger partial charge is 0.243 e. The quantitative estimate of drug-likeness (QED) is 0.249. The number of methoxy groups -OCH3 is 1. The molecule has 1 N–H and O–H groups in total. The Labute approximate surface area is 254 Å². The molecule has 0 radical (unpaired) electrons. The predicted octanol–water partition coefficient (Wildman–Crippen LogP) is 5.37. The molecular weight excluding hydrogens is 574 g/mol. The third kappa shape index (κ3) is 9.22. The van der Waals surface area contributed by atoms with Crippen molar-refractivity contribution in [3.63, 3.8) is 0 Å². The number of anilines is 1. The molecule has 0 aliphatic carbocycles. The molecule has 0 aliphatic heterocycles. The summed E-state index contributed by atoms with van der Waals surface area (Å²) in [4.78, 5) is 29.0. The van der Waals surface area contributed by atoms with Crippen LogP contribution < -0.4 is 14.4 Å². The molecule has 0 bridgehead atoms. The minimum Gasteiger partial charge on any atom is -0.495 e. The number of hydrogen-bond acceptors (Lipinski definition) is 5. The van der Waals surface area contributed by atoms with E-state index >= 15 is 0 Å². The Hall–Kier alpha value is -3.56. The number of aryl methyl sites for hydroxylation is 1. The Kier molecular flexibility index (Phi) is 12.2. The first kappa shape index (κ1) is 32.9. The van der Waals surface area contributed by atoms with Gasteiger partial charge in [-0.15, -0.1) is 0 Å². The molecule has 0 spiro atoms. The maximum absolute atomic E-state index is 13.9. The molecule has 0 aromatic heterocycles. The molecule has 42 heavy (non-hydrogen) atoms. The number of benzene rings is 3. The summed E-state index contributed by atoms with van der Waals surface area (Å²) in [6.07, 6.45) is 2.54. The van der Waals surface area contributed by atoms with Gasteiger partial charge < -0.3 is 15.0 Å². The molecule has 0 aliphatic rings. The number of ether oxygens (including phenoxy) is 1. The van der Waals surface area contributed by atoms with Crippen LogP contribution in [0.5, 0.6) is 5.75 Å². The molecule has 10 heteroatoms. The highest BCUT2D eigenvalue weighted by Crippen LogP contribution is 2.30. The van der Waals surface area contributed by atoms with E-state index < -0.39 is 16.1 Å². The van der Waals surface area contributed by atoms with Crippen LogP contribution in [0, 0.1) is 6.92 Å². The van der Waals surface area contributed by atoms with Gasteiger partial charge in [-0.25, -0.2) is 8.42 Å². The fourth-order valence-corrected chi connectivity index (χ4v) is 5.91. The molecule has 0 unspecified atom stereocenters. The first-order valence-corrected chi connectivity index (χ1v) is 16.2. The summed E-state index contributed by atoms with van der Waals surface area (Å²) in [5, 5.41) is 3.26. The predicted molar refractivity (Wildman–Crippen MR) is 168 cm³/mol. The molecule has 1 atom stereocenters. The normalized spacial score (nSPS) is 11.9. The highest BCUT2D eigenvalue weighted by atomic mass is 35.5. The molecule has 3 rings (SSSR count). The fourth-order valence-electron chi connectivity index (χ4n) is 4.71. The van der Waals surface area contributed by atoms with Crippen LogP contribution in [0.1, 0.15) is 42.9 Å². The number of sulfonamides is 1. The molecule has 2 amide bonds. The van der Waals surface area contributed by atoms with Gasteiger partial charge in [-0.2, -0.15) is 0 Å². The third-order valence-electron chi connectivity index (χ3n) is 7.00. The average Bonchev–Trinajstić information content (AvgIpc) is 2.96. The van der Waals surface area contributed by atoms with E-state index in [1.54, 1.807) is 17.0 Å². The van der Waals surface area contributed by atoms with Crippen molar-refractivity contribution in [2.75, 3.05) is 30.8 Å². The van der Waals surface area contributed by atoms with E-state index in [1.165, 1.54) is 17.5 Å². The first-order chi connectivity index (χ1) is 20.0. The van der Waals surface area contributed by atoms with E-state index in [0.717, 1.165) is 29.4 Å². The van der Waals surface area contributed by atoms with Gasteiger partial charge in [0.15, 0.2) is 0 Å². The number of carbonyl (C=O) groups is 2. The second-order valence-electron chi connectivity index (χ2n) is 10.2. The Morgan fingerprint density at radius 3 is 2.33 bits per heavy atom. The number of rotatable bonds is 15. The van der Waals surface area contributed by atoms with Gasteiger partial charge in [-0.05, 0) is 54.7 Å². The molecule has 0 heterocycles. The van der Waals surface area contributed by atoms with Crippen molar-refractivity contribution in [3.8, 4) is 5.75 Å². The number of nitrogens with zero attached hydrogens (tertiary/aromatic N) is 2. The van der Waals surface area contributed by atoms with Crippen LogP contribution in [0.2, 0.25) is 5.02 Å². The molecule has 0 saturated carbocycles. The Morgan fingerprint density at radius 1 is 1.02 bits per heavy atom. The van der Waals surface area contributed by atoms with Crippen molar-refractivity contribution in [1.82, 2.24) is 10.2 Å². The molecule has 0 saturated heterocycles. The summed E-state index contributed by atoms with van der Waals surface area (Å²) < 4.78 is 31.8. The monoisotopic (exact) mass is 613 g/mol. The fraction of sp³-hybridized carbons (Fsp3) is 0.375. The summed E-state index contributed by atoms with van der Waals surface area (Å²) >= 11 is 6.26. The molecule has 0 fully saturated rings. The zero-order valence-corrected chi connectivity index (χ0v) is 26.2. The molecular formula is C32H40ClN3O5S. The summed E-state index contributed by atoms with van der Waals surface area (Å²) in [7, 11) is -2.18. The van der Waals surface area contributed by atoms with Gasteiger partial charge in [0.25, 0.3) is 0 Å². The van der Waals surface area contributed by atoms with Gasteiger partial charge >= 0.3 is 0 Å². The number of halogens is 1. The van der Waals surface area contributed by atoms with Gasteiger partial charge in [0.05, 0.1) is 24.1 Å². The van der Waals surface area contributed by atoms with E-state index in [9.17, 15) is 18.0 Å². The Balaban J connectivity index is 1.88. The van der Waals surface area contributed by atoms with Crippen LogP contribution in [-0.4, -0.2) is 57.6 Å². The molecule has 3 aromatic carbocycles. The van der Waals surface area contributed by atoms with Crippen LogP contribution in [0.25, 0.3) is 0 Å². The zero-order chi connectivity index (χ0) is 30.7. The molecule has 226 valence electrons. The summed E-state index contributed by atoms with van der Waals surface area (Å²) in [5.41, 5.74) is 3.28. The van der Waals surface area contributed by atoms with Gasteiger partial charge in [-0.1, -0.05) is 73.1 Å². The Bertz CT molecular complexity index is 1450. The number of hydrogen-bond donors (Lipinski definition) is 1. The minimum absolute atomic E-state index is 0.0497. The van der Waals surface area contributed by atoms with E-state index in [1.807, 2.05) is 68.4 Å². The third-order valence-corrected chi connectivity index (χ3v) is 8.49. The lowest BCUT2D eigenvalue weighted by Gasteiger charge is -2.32. The van der Waals surface area contributed by atoms with Crippen molar-refractivity contribution >= 4 is 39.1 Å².